The molecule has 0 saturated carbocycles. The van der Waals surface area contributed by atoms with Gasteiger partial charge in [-0.3, -0.25) is 0 Å². The predicted molar refractivity (Wildman–Crippen MR) is 64.2 cm³/mol. The highest BCUT2D eigenvalue weighted by molar-refractivity contribution is 7.91. The van der Waals surface area contributed by atoms with Crippen LogP contribution in [-0.2, 0) is 9.84 Å². The van der Waals surface area contributed by atoms with Crippen molar-refractivity contribution in [3.63, 3.8) is 0 Å². The molecule has 1 fully saturated rings. The van der Waals surface area contributed by atoms with Gasteiger partial charge in [-0.1, -0.05) is 6.92 Å². The molecule has 1 heterocycles. The second kappa shape index (κ2) is 6.06. The molecule has 0 amide bonds. The van der Waals surface area contributed by atoms with E-state index in [-0.39, 0.29) is 5.75 Å². The number of piperidine rings is 1. The summed E-state index contributed by atoms with van der Waals surface area (Å²) < 4.78 is 22.6. The average Bonchev–Trinajstić information content (AvgIpc) is 2.27. The van der Waals surface area contributed by atoms with E-state index in [2.05, 4.69) is 4.90 Å². The largest absolute Gasteiger partial charge is 0.302 e. The molecule has 0 aromatic heterocycles. The van der Waals surface area contributed by atoms with Gasteiger partial charge in [0.15, 0.2) is 9.84 Å². The molecule has 0 aliphatic carbocycles. The van der Waals surface area contributed by atoms with Crippen LogP contribution in [-0.4, -0.2) is 50.3 Å². The summed E-state index contributed by atoms with van der Waals surface area (Å²) in [4.78, 5) is 2.23. The zero-order valence-electron chi connectivity index (χ0n) is 9.28. The Labute approximate surface area is 97.7 Å². The summed E-state index contributed by atoms with van der Waals surface area (Å²) in [5.74, 6) is 1.92. The number of rotatable bonds is 5. The number of likely N-dealkylation sites (tertiary alicyclic amines) is 1. The Morgan fingerprint density at radius 1 is 1.33 bits per heavy atom. The maximum Gasteiger partial charge on any atom is 0.151 e. The normalized spacial score (nSPS) is 20.7. The summed E-state index contributed by atoms with van der Waals surface area (Å²) in [7, 11) is -2.81. The van der Waals surface area contributed by atoms with E-state index in [4.69, 9.17) is 11.6 Å². The van der Waals surface area contributed by atoms with Crippen molar-refractivity contribution in [1.82, 2.24) is 4.90 Å². The van der Waals surface area contributed by atoms with E-state index >= 15 is 0 Å². The minimum Gasteiger partial charge on any atom is -0.302 e. The molecule has 1 rings (SSSR count). The van der Waals surface area contributed by atoms with Gasteiger partial charge in [-0.25, -0.2) is 8.42 Å². The minimum atomic E-state index is -2.81. The van der Waals surface area contributed by atoms with E-state index in [0.29, 0.717) is 18.2 Å². The van der Waals surface area contributed by atoms with E-state index in [9.17, 15) is 8.42 Å². The van der Waals surface area contributed by atoms with Crippen LogP contribution in [0.2, 0.25) is 0 Å². The number of hydrogen-bond donors (Lipinski definition) is 0. The second-order valence-electron chi connectivity index (χ2n) is 4.18. The van der Waals surface area contributed by atoms with Crippen LogP contribution < -0.4 is 0 Å². The minimum absolute atomic E-state index is 0.255. The molecular formula is C10H20ClNO2S. The van der Waals surface area contributed by atoms with Crippen molar-refractivity contribution in [3.8, 4) is 0 Å². The van der Waals surface area contributed by atoms with Crippen LogP contribution in [0.25, 0.3) is 0 Å². The lowest BCUT2D eigenvalue weighted by molar-refractivity contribution is 0.203. The Morgan fingerprint density at radius 3 is 2.40 bits per heavy atom. The van der Waals surface area contributed by atoms with Gasteiger partial charge in [-0.15, -0.1) is 11.6 Å². The van der Waals surface area contributed by atoms with Gasteiger partial charge in [0.05, 0.1) is 5.75 Å². The van der Waals surface area contributed by atoms with Crippen LogP contribution in [0.5, 0.6) is 0 Å². The molecule has 1 saturated heterocycles. The smallest absolute Gasteiger partial charge is 0.151 e. The molecule has 0 N–H and O–H groups in total. The molecule has 0 atom stereocenters. The number of hydrogen-bond acceptors (Lipinski definition) is 3. The number of alkyl halides is 1. The number of nitrogens with zero attached hydrogens (tertiary/aromatic N) is 1. The van der Waals surface area contributed by atoms with Crippen molar-refractivity contribution in [2.45, 2.75) is 19.8 Å². The Hall–Kier alpha value is 0.200. The fourth-order valence-corrected chi connectivity index (χ4v) is 2.91. The molecule has 90 valence electrons. The first-order chi connectivity index (χ1) is 7.07. The zero-order valence-corrected chi connectivity index (χ0v) is 10.9. The highest BCUT2D eigenvalue weighted by Gasteiger charge is 2.19. The lowest BCUT2D eigenvalue weighted by Gasteiger charge is -2.30. The molecule has 5 heteroatoms. The van der Waals surface area contributed by atoms with Crippen LogP contribution >= 0.6 is 11.6 Å². The van der Waals surface area contributed by atoms with Crippen molar-refractivity contribution < 1.29 is 8.42 Å². The SMILES string of the molecule is CCS(=O)(=O)CCN1CCC(CCl)CC1. The van der Waals surface area contributed by atoms with E-state index < -0.39 is 9.84 Å². The van der Waals surface area contributed by atoms with Crippen LogP contribution in [0.1, 0.15) is 19.8 Å². The fourth-order valence-electron chi connectivity index (χ4n) is 1.78. The van der Waals surface area contributed by atoms with E-state index in [1.54, 1.807) is 6.92 Å². The molecule has 15 heavy (non-hydrogen) atoms. The molecule has 0 spiro atoms. The Bertz CT molecular complexity index is 271. The van der Waals surface area contributed by atoms with Crippen LogP contribution in [0.3, 0.4) is 0 Å². The van der Waals surface area contributed by atoms with Gasteiger partial charge in [0.2, 0.25) is 0 Å². The lowest BCUT2D eigenvalue weighted by Crippen LogP contribution is -2.37. The maximum atomic E-state index is 11.3. The Balaban J connectivity index is 2.25. The van der Waals surface area contributed by atoms with Gasteiger partial charge < -0.3 is 4.90 Å². The molecule has 3 nitrogen and oxygen atoms in total. The van der Waals surface area contributed by atoms with Crippen LogP contribution in [0, 0.1) is 5.92 Å². The summed E-state index contributed by atoms with van der Waals surface area (Å²) >= 11 is 5.79. The van der Waals surface area contributed by atoms with Crippen molar-refractivity contribution in [1.29, 1.82) is 0 Å². The summed E-state index contributed by atoms with van der Waals surface area (Å²) in [6.45, 7) is 4.38. The molecule has 0 bridgehead atoms. The van der Waals surface area contributed by atoms with Crippen molar-refractivity contribution >= 4 is 21.4 Å². The van der Waals surface area contributed by atoms with Gasteiger partial charge in [-0.05, 0) is 31.8 Å². The Morgan fingerprint density at radius 2 is 1.93 bits per heavy atom. The van der Waals surface area contributed by atoms with Crippen LogP contribution in [0.4, 0.5) is 0 Å². The van der Waals surface area contributed by atoms with Crippen LogP contribution in [0.15, 0.2) is 0 Å². The molecule has 0 aromatic carbocycles. The molecule has 0 radical (unpaired) electrons. The summed E-state index contributed by atoms with van der Waals surface area (Å²) in [5, 5.41) is 0. The monoisotopic (exact) mass is 253 g/mol. The third-order valence-electron chi connectivity index (χ3n) is 3.08. The molecular weight excluding hydrogens is 234 g/mol. The van der Waals surface area contributed by atoms with Crippen molar-refractivity contribution in [3.05, 3.63) is 0 Å². The summed E-state index contributed by atoms with van der Waals surface area (Å²) in [5.41, 5.74) is 0. The first-order valence-corrected chi connectivity index (χ1v) is 7.91. The first-order valence-electron chi connectivity index (χ1n) is 5.56. The topological polar surface area (TPSA) is 37.4 Å². The predicted octanol–water partition coefficient (Wildman–Crippen LogP) is 1.37. The van der Waals surface area contributed by atoms with Gasteiger partial charge in [0.1, 0.15) is 0 Å². The average molecular weight is 254 g/mol. The van der Waals surface area contributed by atoms with Crippen molar-refractivity contribution in [2.75, 3.05) is 37.0 Å². The molecule has 1 aliphatic rings. The standard InChI is InChI=1S/C10H20ClNO2S/c1-2-15(13,14)8-7-12-5-3-10(9-11)4-6-12/h10H,2-9H2,1H3. The summed E-state index contributed by atoms with van der Waals surface area (Å²) in [6.07, 6.45) is 2.21. The van der Waals surface area contributed by atoms with Gasteiger partial charge in [-0.2, -0.15) is 0 Å². The first kappa shape index (κ1) is 13.3. The van der Waals surface area contributed by atoms with E-state index in [1.807, 2.05) is 0 Å². The zero-order chi connectivity index (χ0) is 11.3. The van der Waals surface area contributed by atoms with Crippen molar-refractivity contribution in [2.24, 2.45) is 5.92 Å². The van der Waals surface area contributed by atoms with E-state index in [1.165, 1.54) is 0 Å². The molecule has 0 aromatic rings. The number of halogens is 1. The Kier molecular flexibility index (Phi) is 5.36. The van der Waals surface area contributed by atoms with Gasteiger partial charge in [0.25, 0.3) is 0 Å². The third kappa shape index (κ3) is 4.70. The van der Waals surface area contributed by atoms with Gasteiger partial charge >= 0.3 is 0 Å². The van der Waals surface area contributed by atoms with Gasteiger partial charge in [0, 0.05) is 18.2 Å². The highest BCUT2D eigenvalue weighted by atomic mass is 35.5. The summed E-state index contributed by atoms with van der Waals surface area (Å²) in [6, 6.07) is 0. The highest BCUT2D eigenvalue weighted by Crippen LogP contribution is 2.17. The molecule has 0 unspecified atom stereocenters. The van der Waals surface area contributed by atoms with E-state index in [0.717, 1.165) is 31.8 Å². The lowest BCUT2D eigenvalue weighted by atomic mass is 9.99. The number of sulfone groups is 1. The fraction of sp³-hybridized carbons (Fsp3) is 1.00. The quantitative estimate of drug-likeness (QED) is 0.695. The third-order valence-corrected chi connectivity index (χ3v) is 5.20. The molecule has 1 aliphatic heterocycles. The maximum absolute atomic E-state index is 11.3. The second-order valence-corrected chi connectivity index (χ2v) is 6.96.